The lowest BCUT2D eigenvalue weighted by Gasteiger charge is -2.15. The van der Waals surface area contributed by atoms with Crippen LogP contribution in [0, 0.1) is 0 Å². The van der Waals surface area contributed by atoms with Crippen molar-refractivity contribution in [3.8, 4) is 0 Å². The smallest absolute Gasteiger partial charge is 0.282 e. The number of rotatable bonds is 9. The SMILES string of the molecule is CN(C)S(=O)(=O)NCc1cccc(Cn2c(C(=O)NS(C)(=O)=O)c(C3=CC=CCC3=O)c3cc(Cl)ccc32)c1. The zero-order valence-corrected chi connectivity index (χ0v) is 23.8. The third-order valence-corrected chi connectivity index (χ3v) is 8.32. The Morgan fingerprint density at radius 3 is 2.46 bits per heavy atom. The molecule has 0 fully saturated rings. The van der Waals surface area contributed by atoms with Crippen molar-refractivity contribution in [1.82, 2.24) is 18.3 Å². The Hall–Kier alpha value is -3.29. The Morgan fingerprint density at radius 2 is 1.79 bits per heavy atom. The van der Waals surface area contributed by atoms with Gasteiger partial charge in [0.15, 0.2) is 5.78 Å². The maximum Gasteiger partial charge on any atom is 0.282 e. The van der Waals surface area contributed by atoms with E-state index in [9.17, 15) is 26.4 Å². The fraction of sp³-hybridized carbons (Fsp3) is 0.231. The number of hydrogen-bond acceptors (Lipinski definition) is 6. The number of halogens is 1. The third-order valence-electron chi connectivity index (χ3n) is 6.06. The van der Waals surface area contributed by atoms with Crippen molar-refractivity contribution in [3.63, 3.8) is 0 Å². The molecule has 3 aromatic rings. The Labute approximate surface area is 232 Å². The first-order valence-corrected chi connectivity index (χ1v) is 15.5. The van der Waals surface area contributed by atoms with Crippen LogP contribution < -0.4 is 9.44 Å². The molecule has 2 N–H and O–H groups in total. The van der Waals surface area contributed by atoms with Gasteiger partial charge in [-0.05, 0) is 29.3 Å². The lowest BCUT2D eigenvalue weighted by atomic mass is 9.93. The summed E-state index contributed by atoms with van der Waals surface area (Å²) in [6.45, 7) is 0.160. The predicted molar refractivity (Wildman–Crippen MR) is 151 cm³/mol. The predicted octanol–water partition coefficient (Wildman–Crippen LogP) is 2.84. The molecule has 13 heteroatoms. The number of amides is 1. The third kappa shape index (κ3) is 6.48. The van der Waals surface area contributed by atoms with Gasteiger partial charge in [0, 0.05) is 60.7 Å². The maximum absolute atomic E-state index is 13.5. The van der Waals surface area contributed by atoms with Crippen molar-refractivity contribution < 1.29 is 26.4 Å². The molecular formula is C26H27ClN4O6S2. The molecule has 2 aromatic carbocycles. The normalized spacial score (nSPS) is 14.2. The number of Topliss-reactive ketones (excluding diaryl/α,β-unsaturated/α-hetero) is 1. The highest BCUT2D eigenvalue weighted by molar-refractivity contribution is 7.89. The van der Waals surface area contributed by atoms with Gasteiger partial charge in [-0.2, -0.15) is 17.4 Å². The van der Waals surface area contributed by atoms with Crippen LogP contribution in [-0.2, 0) is 38.1 Å². The molecule has 1 aromatic heterocycles. The summed E-state index contributed by atoms with van der Waals surface area (Å²) >= 11 is 6.30. The van der Waals surface area contributed by atoms with Gasteiger partial charge in [-0.3, -0.25) is 9.59 Å². The molecule has 1 heterocycles. The van der Waals surface area contributed by atoms with Gasteiger partial charge in [0.1, 0.15) is 5.69 Å². The minimum absolute atomic E-state index is 0.00805. The van der Waals surface area contributed by atoms with Gasteiger partial charge >= 0.3 is 0 Å². The fourth-order valence-electron chi connectivity index (χ4n) is 4.31. The first kappa shape index (κ1) is 28.7. The molecule has 0 saturated carbocycles. The molecule has 0 unspecified atom stereocenters. The van der Waals surface area contributed by atoms with Crippen LogP contribution in [0.25, 0.3) is 16.5 Å². The second-order valence-corrected chi connectivity index (χ2v) is 13.4. The van der Waals surface area contributed by atoms with E-state index in [1.807, 2.05) is 4.72 Å². The Kier molecular flexibility index (Phi) is 8.14. The number of nitrogens with one attached hydrogen (secondary N) is 2. The fourth-order valence-corrected chi connectivity index (χ4v) is 5.52. The van der Waals surface area contributed by atoms with Gasteiger partial charge in [0.05, 0.1) is 6.26 Å². The molecule has 1 amide bonds. The number of hydrogen-bond donors (Lipinski definition) is 2. The lowest BCUT2D eigenvalue weighted by Crippen LogP contribution is -2.35. The summed E-state index contributed by atoms with van der Waals surface area (Å²) in [6.07, 6.45) is 6.02. The topological polar surface area (TPSA) is 135 Å². The second-order valence-electron chi connectivity index (χ2n) is 9.24. The number of aromatic nitrogens is 1. The molecule has 4 rings (SSSR count). The van der Waals surface area contributed by atoms with Crippen molar-refractivity contribution in [1.29, 1.82) is 0 Å². The molecule has 0 aliphatic heterocycles. The monoisotopic (exact) mass is 590 g/mol. The molecule has 1 aliphatic carbocycles. The number of carbonyl (C=O) groups is 2. The molecule has 0 spiro atoms. The van der Waals surface area contributed by atoms with Crippen molar-refractivity contribution in [3.05, 3.63) is 88.1 Å². The van der Waals surface area contributed by atoms with E-state index in [4.69, 9.17) is 11.6 Å². The molecule has 206 valence electrons. The average Bonchev–Trinajstić information content (AvgIpc) is 3.15. The molecule has 0 saturated heterocycles. The number of benzene rings is 2. The van der Waals surface area contributed by atoms with E-state index in [1.54, 1.807) is 65.3 Å². The van der Waals surface area contributed by atoms with Crippen molar-refractivity contribution in [2.45, 2.75) is 19.5 Å². The minimum atomic E-state index is -3.93. The zero-order valence-electron chi connectivity index (χ0n) is 21.4. The van der Waals surface area contributed by atoms with Crippen LogP contribution in [0.15, 0.2) is 60.7 Å². The van der Waals surface area contributed by atoms with Crippen LogP contribution in [0.4, 0.5) is 0 Å². The van der Waals surface area contributed by atoms with Crippen molar-refractivity contribution in [2.24, 2.45) is 0 Å². The van der Waals surface area contributed by atoms with Gasteiger partial charge in [-0.1, -0.05) is 54.1 Å². The molecule has 0 radical (unpaired) electrons. The molecule has 39 heavy (non-hydrogen) atoms. The highest BCUT2D eigenvalue weighted by Gasteiger charge is 2.29. The average molecular weight is 591 g/mol. The summed E-state index contributed by atoms with van der Waals surface area (Å²) in [5.74, 6) is -1.11. The molecule has 0 atom stereocenters. The maximum atomic E-state index is 13.5. The number of nitrogens with zero attached hydrogens (tertiary/aromatic N) is 2. The highest BCUT2D eigenvalue weighted by Crippen LogP contribution is 2.36. The summed E-state index contributed by atoms with van der Waals surface area (Å²) < 4.78 is 55.6. The van der Waals surface area contributed by atoms with E-state index in [2.05, 4.69) is 4.72 Å². The highest BCUT2D eigenvalue weighted by atomic mass is 35.5. The Bertz CT molecular complexity index is 1760. The van der Waals surface area contributed by atoms with E-state index < -0.39 is 26.1 Å². The van der Waals surface area contributed by atoms with Crippen molar-refractivity contribution in [2.75, 3.05) is 20.4 Å². The molecule has 10 nitrogen and oxygen atoms in total. The van der Waals surface area contributed by atoms with E-state index in [0.717, 1.165) is 10.6 Å². The van der Waals surface area contributed by atoms with Gasteiger partial charge < -0.3 is 4.57 Å². The second kappa shape index (κ2) is 11.1. The van der Waals surface area contributed by atoms with Crippen LogP contribution in [-0.4, -0.2) is 57.7 Å². The van der Waals surface area contributed by atoms with Crippen LogP contribution in [0.5, 0.6) is 0 Å². The molecule has 0 bridgehead atoms. The number of carbonyl (C=O) groups excluding carboxylic acids is 2. The van der Waals surface area contributed by atoms with Gasteiger partial charge in [-0.25, -0.2) is 13.1 Å². The van der Waals surface area contributed by atoms with Gasteiger partial charge in [0.2, 0.25) is 10.0 Å². The first-order chi connectivity index (χ1) is 18.3. The van der Waals surface area contributed by atoms with Crippen LogP contribution >= 0.6 is 11.6 Å². The number of fused-ring (bicyclic) bond motifs is 1. The quantitative estimate of drug-likeness (QED) is 0.393. The lowest BCUT2D eigenvalue weighted by molar-refractivity contribution is -0.113. The van der Waals surface area contributed by atoms with Gasteiger partial charge in [-0.15, -0.1) is 0 Å². The number of sulfonamides is 1. The minimum Gasteiger partial charge on any atom is -0.331 e. The standard InChI is InChI=1S/C26H27ClN4O6S2/c1-30(2)39(36,37)28-15-17-7-6-8-18(13-17)16-31-22-12-11-19(27)14-21(22)24(20-9-4-5-10-23(20)32)25(31)26(33)29-38(3,34)35/h4-9,11-14,28H,10,15-16H2,1-3H3,(H,29,33). The summed E-state index contributed by atoms with van der Waals surface area (Å²) in [5, 5.41) is 0.900. The van der Waals surface area contributed by atoms with Crippen LogP contribution in [0.2, 0.25) is 5.02 Å². The number of allylic oxidation sites excluding steroid dienone is 4. The number of ketones is 1. The molecule has 1 aliphatic rings. The summed E-state index contributed by atoms with van der Waals surface area (Å²) in [7, 11) is -4.72. The van der Waals surface area contributed by atoms with E-state index in [-0.39, 0.29) is 42.1 Å². The van der Waals surface area contributed by atoms with E-state index >= 15 is 0 Å². The zero-order chi connectivity index (χ0) is 28.5. The van der Waals surface area contributed by atoms with Crippen molar-refractivity contribution >= 4 is 60.0 Å². The Morgan fingerprint density at radius 1 is 1.08 bits per heavy atom. The summed E-state index contributed by atoms with van der Waals surface area (Å²) in [4.78, 5) is 26.4. The summed E-state index contributed by atoms with van der Waals surface area (Å²) in [5.41, 5.74) is 2.51. The van der Waals surface area contributed by atoms with Crippen LogP contribution in [0.1, 0.15) is 33.6 Å². The van der Waals surface area contributed by atoms with Crippen LogP contribution in [0.3, 0.4) is 0 Å². The largest absolute Gasteiger partial charge is 0.331 e. The first-order valence-electron chi connectivity index (χ1n) is 11.8. The molecular weight excluding hydrogens is 564 g/mol. The van der Waals surface area contributed by atoms with Gasteiger partial charge in [0.25, 0.3) is 16.1 Å². The summed E-state index contributed by atoms with van der Waals surface area (Å²) in [6, 6.07) is 12.1. The van der Waals surface area contributed by atoms with E-state index in [1.165, 1.54) is 14.1 Å². The Balaban J connectivity index is 1.88. The van der Waals surface area contributed by atoms with E-state index in [0.29, 0.717) is 27.1 Å².